The maximum absolute atomic E-state index is 11.9. The van der Waals surface area contributed by atoms with Gasteiger partial charge in [-0.05, 0) is 61.3 Å². The molecule has 6 heteroatoms. The van der Waals surface area contributed by atoms with Gasteiger partial charge in [0, 0.05) is 21.6 Å². The van der Waals surface area contributed by atoms with Crippen LogP contribution in [-0.4, -0.2) is 30.7 Å². The molecule has 2 rings (SSSR count). The van der Waals surface area contributed by atoms with Crippen LogP contribution in [0.3, 0.4) is 0 Å². The van der Waals surface area contributed by atoms with Gasteiger partial charge in [-0.3, -0.25) is 0 Å². The third kappa shape index (κ3) is 6.08. The van der Waals surface area contributed by atoms with Crippen LogP contribution in [0.2, 0.25) is 0 Å². The summed E-state index contributed by atoms with van der Waals surface area (Å²) in [6.07, 6.45) is 0.771. The third-order valence-electron chi connectivity index (χ3n) is 6.34. The number of hydrogen-bond acceptors (Lipinski definition) is 5. The molecule has 0 saturated heterocycles. The standard InChI is InChI=1S/C29H42O5S/c1-13-22(34-24-17(3)16(2)23(27(30)31)25(32-11)18(24)4)35-19-14-20(28(5,6)7)26(33-12)21(15-19)29(8,9)10/h14-15,22H,13H2,1-12H3,(H,30,31). The fourth-order valence-corrected chi connectivity index (χ4v) is 5.25. The second-order valence-electron chi connectivity index (χ2n) is 11.0. The number of rotatable bonds is 8. The van der Waals surface area contributed by atoms with Gasteiger partial charge in [-0.1, -0.05) is 60.2 Å². The van der Waals surface area contributed by atoms with Gasteiger partial charge in [0.1, 0.15) is 28.2 Å². The van der Waals surface area contributed by atoms with Gasteiger partial charge in [-0.2, -0.15) is 0 Å². The van der Waals surface area contributed by atoms with Crippen LogP contribution in [0.25, 0.3) is 0 Å². The molecule has 0 radical (unpaired) electrons. The van der Waals surface area contributed by atoms with Gasteiger partial charge in [0.15, 0.2) is 0 Å². The van der Waals surface area contributed by atoms with E-state index < -0.39 is 5.97 Å². The predicted molar refractivity (Wildman–Crippen MR) is 145 cm³/mol. The summed E-state index contributed by atoms with van der Waals surface area (Å²) in [6.45, 7) is 20.9. The molecule has 0 aliphatic rings. The Morgan fingerprint density at radius 1 is 0.857 bits per heavy atom. The van der Waals surface area contributed by atoms with Gasteiger partial charge < -0.3 is 19.3 Å². The summed E-state index contributed by atoms with van der Waals surface area (Å²) >= 11 is 1.68. The van der Waals surface area contributed by atoms with Gasteiger partial charge in [-0.25, -0.2) is 4.79 Å². The minimum Gasteiger partial charge on any atom is -0.496 e. The zero-order valence-electron chi connectivity index (χ0n) is 23.4. The average molecular weight is 503 g/mol. The van der Waals surface area contributed by atoms with E-state index in [1.54, 1.807) is 25.8 Å². The van der Waals surface area contributed by atoms with E-state index in [-0.39, 0.29) is 21.8 Å². The topological polar surface area (TPSA) is 65.0 Å². The van der Waals surface area contributed by atoms with Crippen molar-refractivity contribution >= 4 is 17.7 Å². The van der Waals surface area contributed by atoms with E-state index in [1.165, 1.54) is 18.2 Å². The van der Waals surface area contributed by atoms with E-state index in [0.717, 1.165) is 22.6 Å². The van der Waals surface area contributed by atoms with Crippen molar-refractivity contribution < 1.29 is 24.1 Å². The van der Waals surface area contributed by atoms with Crippen molar-refractivity contribution in [3.63, 3.8) is 0 Å². The Bertz CT molecular complexity index is 1050. The smallest absolute Gasteiger partial charge is 0.339 e. The van der Waals surface area contributed by atoms with E-state index in [0.29, 0.717) is 22.6 Å². The molecule has 2 aromatic carbocycles. The summed E-state index contributed by atoms with van der Waals surface area (Å²) in [7, 11) is 3.24. The minimum atomic E-state index is -0.999. The molecule has 0 bridgehead atoms. The van der Waals surface area contributed by atoms with Crippen molar-refractivity contribution in [2.75, 3.05) is 14.2 Å². The van der Waals surface area contributed by atoms with E-state index in [1.807, 2.05) is 13.8 Å². The van der Waals surface area contributed by atoms with Crippen LogP contribution in [0.5, 0.6) is 17.2 Å². The maximum Gasteiger partial charge on any atom is 0.339 e. The molecule has 1 atom stereocenters. The van der Waals surface area contributed by atoms with Crippen molar-refractivity contribution in [3.05, 3.63) is 45.5 Å². The Balaban J connectivity index is 2.59. The first-order chi connectivity index (χ1) is 16.1. The van der Waals surface area contributed by atoms with Gasteiger partial charge in [-0.15, -0.1) is 0 Å². The molecule has 0 spiro atoms. The maximum atomic E-state index is 11.9. The summed E-state index contributed by atoms with van der Waals surface area (Å²) < 4.78 is 18.0. The number of benzene rings is 2. The highest BCUT2D eigenvalue weighted by Crippen LogP contribution is 2.44. The van der Waals surface area contributed by atoms with E-state index in [9.17, 15) is 9.90 Å². The van der Waals surface area contributed by atoms with E-state index in [2.05, 4.69) is 60.6 Å². The number of ether oxygens (including phenoxy) is 3. The molecule has 2 aromatic rings. The Labute approximate surface area is 215 Å². The van der Waals surface area contributed by atoms with Crippen molar-refractivity contribution in [1.29, 1.82) is 0 Å². The lowest BCUT2D eigenvalue weighted by Gasteiger charge is -2.30. The zero-order chi connectivity index (χ0) is 26.9. The first-order valence-electron chi connectivity index (χ1n) is 12.1. The molecular weight excluding hydrogens is 460 g/mol. The summed E-state index contributed by atoms with van der Waals surface area (Å²) in [5.41, 5.74) is 4.36. The monoisotopic (exact) mass is 502 g/mol. The molecule has 0 saturated carbocycles. The highest BCUT2D eigenvalue weighted by molar-refractivity contribution is 7.99. The number of thioether (sulfide) groups is 1. The van der Waals surface area contributed by atoms with Gasteiger partial charge in [0.2, 0.25) is 0 Å². The van der Waals surface area contributed by atoms with Gasteiger partial charge in [0.05, 0.1) is 14.2 Å². The lowest BCUT2D eigenvalue weighted by molar-refractivity contribution is 0.0692. The minimum absolute atomic E-state index is 0.0885. The van der Waals surface area contributed by atoms with Crippen LogP contribution in [0, 0.1) is 20.8 Å². The van der Waals surface area contributed by atoms with Gasteiger partial charge >= 0.3 is 5.97 Å². The molecule has 1 N–H and O–H groups in total. The number of carboxylic acid groups (broad SMARTS) is 1. The summed E-state index contributed by atoms with van der Waals surface area (Å²) in [5, 5.41) is 9.73. The lowest BCUT2D eigenvalue weighted by Crippen LogP contribution is -2.20. The average Bonchev–Trinajstić information content (AvgIpc) is 2.75. The number of methoxy groups -OCH3 is 2. The molecule has 1 unspecified atom stereocenters. The van der Waals surface area contributed by atoms with Crippen LogP contribution in [-0.2, 0) is 10.8 Å². The zero-order valence-corrected chi connectivity index (χ0v) is 24.2. The second-order valence-corrected chi connectivity index (χ2v) is 12.3. The fourth-order valence-electron chi connectivity index (χ4n) is 4.27. The third-order valence-corrected chi connectivity index (χ3v) is 7.54. The van der Waals surface area contributed by atoms with Crippen molar-refractivity contribution in [3.8, 4) is 17.2 Å². The number of hydrogen-bond donors (Lipinski definition) is 1. The molecule has 0 aromatic heterocycles. The number of carbonyl (C=O) groups is 1. The highest BCUT2D eigenvalue weighted by Gasteiger charge is 2.29. The largest absolute Gasteiger partial charge is 0.496 e. The molecule has 0 aliphatic heterocycles. The SMILES string of the molecule is CCC(Oc1c(C)c(C)c(C(=O)O)c(OC)c1C)Sc1cc(C(C)(C)C)c(OC)c(C(C)(C)C)c1. The highest BCUT2D eigenvalue weighted by atomic mass is 32.2. The van der Waals surface area contributed by atoms with Crippen LogP contribution in [0.4, 0.5) is 0 Å². The van der Waals surface area contributed by atoms with Gasteiger partial charge in [0.25, 0.3) is 0 Å². The van der Waals surface area contributed by atoms with Crippen molar-refractivity contribution in [2.45, 2.75) is 96.8 Å². The summed E-state index contributed by atoms with van der Waals surface area (Å²) in [6, 6.07) is 4.42. The molecule has 0 aliphatic carbocycles. The summed E-state index contributed by atoms with van der Waals surface area (Å²) in [5.74, 6) is 0.982. The molecule has 0 fully saturated rings. The second kappa shape index (κ2) is 10.7. The number of carboxylic acids is 1. The summed E-state index contributed by atoms with van der Waals surface area (Å²) in [4.78, 5) is 13.0. The molecular formula is C29H42O5S. The molecule has 0 heterocycles. The molecule has 0 amide bonds. The first kappa shape index (κ1) is 28.9. The first-order valence-corrected chi connectivity index (χ1v) is 12.9. The van der Waals surface area contributed by atoms with Crippen LogP contribution in [0.15, 0.2) is 17.0 Å². The fraction of sp³-hybridized carbons (Fsp3) is 0.552. The quantitative estimate of drug-likeness (QED) is 0.293. The van der Waals surface area contributed by atoms with E-state index in [4.69, 9.17) is 14.2 Å². The van der Waals surface area contributed by atoms with Crippen molar-refractivity contribution in [1.82, 2.24) is 0 Å². The lowest BCUT2D eigenvalue weighted by atomic mass is 9.79. The molecule has 194 valence electrons. The Morgan fingerprint density at radius 2 is 1.34 bits per heavy atom. The van der Waals surface area contributed by atoms with Crippen LogP contribution >= 0.6 is 11.8 Å². The predicted octanol–water partition coefficient (Wildman–Crippen LogP) is 7.83. The van der Waals surface area contributed by atoms with Crippen LogP contribution in [0.1, 0.15) is 93.1 Å². The Kier molecular flexibility index (Phi) is 8.86. The number of aromatic carboxylic acids is 1. The normalized spacial score (nSPS) is 12.9. The molecule has 5 nitrogen and oxygen atoms in total. The molecule has 35 heavy (non-hydrogen) atoms. The van der Waals surface area contributed by atoms with E-state index >= 15 is 0 Å². The van der Waals surface area contributed by atoms with Crippen molar-refractivity contribution in [2.24, 2.45) is 0 Å². The Morgan fingerprint density at radius 3 is 1.71 bits per heavy atom. The van der Waals surface area contributed by atoms with Crippen LogP contribution < -0.4 is 14.2 Å². The Hall–Kier alpha value is -2.34.